The quantitative estimate of drug-likeness (QED) is 0.843. The third kappa shape index (κ3) is 5.69. The normalized spacial score (nSPS) is 28.0. The zero-order valence-corrected chi connectivity index (χ0v) is 9.65. The van der Waals surface area contributed by atoms with Gasteiger partial charge in [0.2, 0.25) is 10.0 Å². The first-order valence-electron chi connectivity index (χ1n) is 5.23. The number of nitrogens with two attached hydrogens (primary N) is 1. The summed E-state index contributed by atoms with van der Waals surface area (Å²) in [4.78, 5) is 0. The van der Waals surface area contributed by atoms with Crippen LogP contribution in [0.1, 0.15) is 32.1 Å². The Balaban J connectivity index is 2.48. The van der Waals surface area contributed by atoms with Crippen LogP contribution in [-0.2, 0) is 10.0 Å². The first-order chi connectivity index (χ1) is 7.16. The molecule has 0 spiro atoms. The molecule has 1 aliphatic rings. The largest absolute Gasteiger partial charge is 0.389 e. The van der Waals surface area contributed by atoms with Crippen LogP contribution in [0.2, 0.25) is 0 Å². The molecular formula is C9H16F3NO2S. The molecule has 1 aliphatic carbocycles. The predicted molar refractivity (Wildman–Crippen MR) is 54.1 cm³/mol. The molecule has 0 saturated heterocycles. The smallest absolute Gasteiger partial charge is 0.229 e. The molecule has 16 heavy (non-hydrogen) atoms. The molecule has 0 amide bonds. The lowest BCUT2D eigenvalue weighted by Gasteiger charge is -2.29. The zero-order valence-electron chi connectivity index (χ0n) is 8.83. The standard InChI is InChI=1S/C9H16F3NO2S/c10-9(11,12)5-7-2-1-3-8(4-7)6-16(13,14)15/h7-8H,1-6H2,(H2,13,14,15). The third-order valence-electron chi connectivity index (χ3n) is 2.88. The van der Waals surface area contributed by atoms with Crippen molar-refractivity contribution in [3.8, 4) is 0 Å². The number of hydrogen-bond donors (Lipinski definition) is 1. The van der Waals surface area contributed by atoms with Crippen molar-refractivity contribution >= 4 is 10.0 Å². The van der Waals surface area contributed by atoms with Crippen LogP contribution in [0.15, 0.2) is 0 Å². The maximum Gasteiger partial charge on any atom is 0.389 e. The molecule has 3 nitrogen and oxygen atoms in total. The van der Waals surface area contributed by atoms with Crippen LogP contribution < -0.4 is 5.14 Å². The Kier molecular flexibility index (Phi) is 4.23. The van der Waals surface area contributed by atoms with E-state index in [1.807, 2.05) is 0 Å². The van der Waals surface area contributed by atoms with E-state index in [9.17, 15) is 21.6 Å². The highest BCUT2D eigenvalue weighted by Gasteiger charge is 2.35. The first kappa shape index (κ1) is 13.8. The van der Waals surface area contributed by atoms with Gasteiger partial charge >= 0.3 is 6.18 Å². The minimum absolute atomic E-state index is 0.193. The average Bonchev–Trinajstić information content (AvgIpc) is 1.96. The molecule has 1 saturated carbocycles. The number of hydrogen-bond acceptors (Lipinski definition) is 2. The van der Waals surface area contributed by atoms with Crippen LogP contribution >= 0.6 is 0 Å². The van der Waals surface area contributed by atoms with Gasteiger partial charge in [0.05, 0.1) is 5.75 Å². The van der Waals surface area contributed by atoms with Crippen molar-refractivity contribution in [2.45, 2.75) is 38.3 Å². The first-order valence-corrected chi connectivity index (χ1v) is 6.94. The van der Waals surface area contributed by atoms with Gasteiger partial charge in [-0.15, -0.1) is 0 Å². The number of sulfonamides is 1. The van der Waals surface area contributed by atoms with Gasteiger partial charge in [0.15, 0.2) is 0 Å². The van der Waals surface area contributed by atoms with Gasteiger partial charge in [0.1, 0.15) is 0 Å². The van der Waals surface area contributed by atoms with E-state index in [1.54, 1.807) is 0 Å². The van der Waals surface area contributed by atoms with Crippen LogP contribution in [0.25, 0.3) is 0 Å². The lowest BCUT2D eigenvalue weighted by Crippen LogP contribution is -2.28. The molecule has 2 unspecified atom stereocenters. The van der Waals surface area contributed by atoms with Crippen LogP contribution in [0, 0.1) is 11.8 Å². The van der Waals surface area contributed by atoms with E-state index in [0.717, 1.165) is 0 Å². The van der Waals surface area contributed by atoms with E-state index in [2.05, 4.69) is 0 Å². The van der Waals surface area contributed by atoms with Gasteiger partial charge in [0.25, 0.3) is 0 Å². The maximum atomic E-state index is 12.2. The molecule has 1 fully saturated rings. The Labute approximate surface area is 93.3 Å². The highest BCUT2D eigenvalue weighted by molar-refractivity contribution is 7.89. The Morgan fingerprint density at radius 1 is 1.19 bits per heavy atom. The van der Waals surface area contributed by atoms with Crippen LogP contribution in [0.4, 0.5) is 13.2 Å². The summed E-state index contributed by atoms with van der Waals surface area (Å²) < 4.78 is 58.2. The van der Waals surface area contributed by atoms with Gasteiger partial charge in [-0.1, -0.05) is 12.8 Å². The summed E-state index contributed by atoms with van der Waals surface area (Å²) in [6.07, 6.45) is -2.81. The summed E-state index contributed by atoms with van der Waals surface area (Å²) in [5.74, 6) is -0.849. The fourth-order valence-electron chi connectivity index (χ4n) is 2.39. The van der Waals surface area contributed by atoms with E-state index in [0.29, 0.717) is 25.7 Å². The summed E-state index contributed by atoms with van der Waals surface area (Å²) in [7, 11) is -3.57. The third-order valence-corrected chi connectivity index (χ3v) is 3.82. The number of rotatable bonds is 3. The second kappa shape index (κ2) is 4.91. The van der Waals surface area contributed by atoms with E-state index in [4.69, 9.17) is 5.14 Å². The van der Waals surface area contributed by atoms with E-state index in [1.165, 1.54) is 0 Å². The molecule has 0 bridgehead atoms. The number of primary sulfonamides is 1. The van der Waals surface area contributed by atoms with Crippen molar-refractivity contribution in [2.75, 3.05) is 5.75 Å². The predicted octanol–water partition coefficient (Wildman–Crippen LogP) is 2.03. The molecule has 0 aromatic carbocycles. The second-order valence-electron chi connectivity index (χ2n) is 4.55. The molecule has 1 rings (SSSR count). The van der Waals surface area contributed by atoms with Crippen LogP contribution in [0.3, 0.4) is 0 Å². The van der Waals surface area contributed by atoms with E-state index in [-0.39, 0.29) is 11.7 Å². The Hall–Kier alpha value is -0.300. The molecule has 0 radical (unpaired) electrons. The minimum Gasteiger partial charge on any atom is -0.229 e. The van der Waals surface area contributed by atoms with Crippen LogP contribution in [0.5, 0.6) is 0 Å². The lowest BCUT2D eigenvalue weighted by molar-refractivity contribution is -0.147. The highest BCUT2D eigenvalue weighted by atomic mass is 32.2. The van der Waals surface area contributed by atoms with Crippen molar-refractivity contribution < 1.29 is 21.6 Å². The molecule has 7 heteroatoms. The molecule has 0 heterocycles. The molecular weight excluding hydrogens is 243 g/mol. The molecule has 0 aromatic heterocycles. The Morgan fingerprint density at radius 3 is 2.25 bits per heavy atom. The van der Waals surface area contributed by atoms with Crippen molar-refractivity contribution in [2.24, 2.45) is 17.0 Å². The topological polar surface area (TPSA) is 60.2 Å². The zero-order chi connectivity index (χ0) is 12.4. The average molecular weight is 259 g/mol. The van der Waals surface area contributed by atoms with Gasteiger partial charge in [-0.2, -0.15) is 13.2 Å². The van der Waals surface area contributed by atoms with Crippen molar-refractivity contribution in [1.82, 2.24) is 0 Å². The Bertz CT molecular complexity index is 326. The molecule has 0 aromatic rings. The Morgan fingerprint density at radius 2 is 1.75 bits per heavy atom. The van der Waals surface area contributed by atoms with Gasteiger partial charge in [0, 0.05) is 6.42 Å². The fraction of sp³-hybridized carbons (Fsp3) is 1.00. The fourth-order valence-corrected chi connectivity index (χ4v) is 3.35. The molecule has 2 atom stereocenters. The SMILES string of the molecule is NS(=O)(=O)CC1CCCC(CC(F)(F)F)C1. The van der Waals surface area contributed by atoms with Gasteiger partial charge in [-0.25, -0.2) is 13.6 Å². The van der Waals surface area contributed by atoms with Crippen molar-refractivity contribution in [3.63, 3.8) is 0 Å². The molecule has 2 N–H and O–H groups in total. The summed E-state index contributed by atoms with van der Waals surface area (Å²) >= 11 is 0. The summed E-state index contributed by atoms with van der Waals surface area (Å²) in [5.41, 5.74) is 0. The minimum atomic E-state index is -4.16. The van der Waals surface area contributed by atoms with E-state index < -0.39 is 28.5 Å². The summed E-state index contributed by atoms with van der Waals surface area (Å²) in [6, 6.07) is 0. The monoisotopic (exact) mass is 259 g/mol. The van der Waals surface area contributed by atoms with Crippen LogP contribution in [-0.4, -0.2) is 20.3 Å². The van der Waals surface area contributed by atoms with Gasteiger partial charge in [-0.05, 0) is 24.7 Å². The molecule has 96 valence electrons. The van der Waals surface area contributed by atoms with Gasteiger partial charge < -0.3 is 0 Å². The number of halogens is 3. The second-order valence-corrected chi connectivity index (χ2v) is 6.21. The van der Waals surface area contributed by atoms with Crippen molar-refractivity contribution in [3.05, 3.63) is 0 Å². The van der Waals surface area contributed by atoms with Gasteiger partial charge in [-0.3, -0.25) is 0 Å². The van der Waals surface area contributed by atoms with E-state index >= 15 is 0 Å². The lowest BCUT2D eigenvalue weighted by atomic mass is 9.80. The molecule has 0 aliphatic heterocycles. The summed E-state index contributed by atoms with van der Waals surface area (Å²) in [6.45, 7) is 0. The summed E-state index contributed by atoms with van der Waals surface area (Å²) in [5, 5.41) is 4.89. The van der Waals surface area contributed by atoms with Crippen molar-refractivity contribution in [1.29, 1.82) is 0 Å². The highest BCUT2D eigenvalue weighted by Crippen LogP contribution is 2.36. The maximum absolute atomic E-state index is 12.2. The number of alkyl halides is 3.